The van der Waals surface area contributed by atoms with E-state index in [2.05, 4.69) is 15.5 Å². The Labute approximate surface area is 196 Å². The second kappa shape index (κ2) is 9.85. The van der Waals surface area contributed by atoms with Crippen LogP contribution in [-0.4, -0.2) is 43.9 Å². The number of anilines is 2. The molecule has 1 heterocycles. The number of hydrogen-bond acceptors (Lipinski definition) is 7. The Morgan fingerprint density at radius 3 is 2.50 bits per heavy atom. The maximum atomic E-state index is 13.1. The van der Waals surface area contributed by atoms with Crippen molar-refractivity contribution < 1.29 is 17.9 Å². The van der Waals surface area contributed by atoms with E-state index in [-0.39, 0.29) is 23.0 Å². The van der Waals surface area contributed by atoms with Crippen LogP contribution in [0.25, 0.3) is 10.6 Å². The van der Waals surface area contributed by atoms with E-state index < -0.39 is 22.0 Å². The van der Waals surface area contributed by atoms with Crippen molar-refractivity contribution in [2.45, 2.75) is 26.3 Å². The Balaban J connectivity index is 1.91. The van der Waals surface area contributed by atoms with Gasteiger partial charge in [0.1, 0.15) is 16.8 Å². The zero-order valence-electron chi connectivity index (χ0n) is 18.0. The lowest BCUT2D eigenvalue weighted by atomic mass is 10.2. The van der Waals surface area contributed by atoms with Gasteiger partial charge in [0, 0.05) is 10.6 Å². The summed E-state index contributed by atoms with van der Waals surface area (Å²) in [5.41, 5.74) is 2.18. The number of aromatic nitrogens is 2. The van der Waals surface area contributed by atoms with Gasteiger partial charge < -0.3 is 4.74 Å². The Morgan fingerprint density at radius 1 is 1.22 bits per heavy atom. The van der Waals surface area contributed by atoms with Gasteiger partial charge in [0.05, 0.1) is 19.1 Å². The van der Waals surface area contributed by atoms with Crippen molar-refractivity contribution in [1.29, 1.82) is 0 Å². The quantitative estimate of drug-likeness (QED) is 0.499. The molecule has 1 aromatic heterocycles. The maximum Gasteiger partial charge on any atom is 0.250 e. The molecular weight excluding hydrogens is 472 g/mol. The molecule has 170 valence electrons. The predicted octanol–water partition coefficient (Wildman–Crippen LogP) is 4.36. The third-order valence-corrected chi connectivity index (χ3v) is 6.95. The van der Waals surface area contributed by atoms with E-state index in [1.54, 1.807) is 19.1 Å². The highest BCUT2D eigenvalue weighted by atomic mass is 35.5. The molecule has 0 saturated carbocycles. The van der Waals surface area contributed by atoms with Crippen LogP contribution in [0.3, 0.4) is 0 Å². The highest BCUT2D eigenvalue weighted by molar-refractivity contribution is 7.92. The number of ether oxygens (including phenoxy) is 1. The second-order valence-electron chi connectivity index (χ2n) is 7.07. The van der Waals surface area contributed by atoms with Crippen molar-refractivity contribution in [1.82, 2.24) is 10.2 Å². The fourth-order valence-corrected chi connectivity index (χ4v) is 5.27. The predicted molar refractivity (Wildman–Crippen MR) is 128 cm³/mol. The third kappa shape index (κ3) is 5.37. The number of amides is 1. The summed E-state index contributed by atoms with van der Waals surface area (Å²) in [6.45, 7) is 3.71. The number of halogens is 1. The summed E-state index contributed by atoms with van der Waals surface area (Å²) < 4.78 is 31.8. The molecule has 3 rings (SSSR count). The SMILES string of the molecule is CC[C@H](C(=O)Nc1nnc(-c2ccc(C)cc2)s1)N(c1cc(Cl)ccc1OC)S(C)(=O)=O. The summed E-state index contributed by atoms with van der Waals surface area (Å²) >= 11 is 7.31. The summed E-state index contributed by atoms with van der Waals surface area (Å²) in [5.74, 6) is -0.254. The molecule has 0 fully saturated rings. The first-order valence-corrected chi connectivity index (χ1v) is 12.7. The molecule has 1 amide bonds. The lowest BCUT2D eigenvalue weighted by Gasteiger charge is -2.30. The molecule has 2 aromatic carbocycles. The van der Waals surface area contributed by atoms with Crippen LogP contribution in [0.1, 0.15) is 18.9 Å². The molecule has 0 aliphatic rings. The Morgan fingerprint density at radius 2 is 1.91 bits per heavy atom. The summed E-state index contributed by atoms with van der Waals surface area (Å²) in [4.78, 5) is 13.1. The average Bonchev–Trinajstić information content (AvgIpc) is 3.19. The monoisotopic (exact) mass is 494 g/mol. The number of aryl methyl sites for hydroxylation is 1. The molecule has 0 aliphatic heterocycles. The topological polar surface area (TPSA) is 101 Å². The summed E-state index contributed by atoms with van der Waals surface area (Å²) in [5, 5.41) is 12.1. The van der Waals surface area contributed by atoms with E-state index in [0.29, 0.717) is 10.0 Å². The zero-order chi connectivity index (χ0) is 23.5. The highest BCUT2D eigenvalue weighted by Gasteiger charge is 2.34. The molecule has 1 atom stereocenters. The number of rotatable bonds is 8. The van der Waals surface area contributed by atoms with E-state index in [9.17, 15) is 13.2 Å². The van der Waals surface area contributed by atoms with Crippen LogP contribution in [0.15, 0.2) is 42.5 Å². The number of methoxy groups -OCH3 is 1. The lowest BCUT2D eigenvalue weighted by molar-refractivity contribution is -0.117. The Bertz CT molecular complexity index is 1210. The summed E-state index contributed by atoms with van der Waals surface area (Å²) in [7, 11) is -2.44. The van der Waals surface area contributed by atoms with Crippen LogP contribution < -0.4 is 14.4 Å². The van der Waals surface area contributed by atoms with Crippen LogP contribution in [-0.2, 0) is 14.8 Å². The van der Waals surface area contributed by atoms with Gasteiger partial charge in [-0.25, -0.2) is 8.42 Å². The normalized spacial score (nSPS) is 12.3. The highest BCUT2D eigenvalue weighted by Crippen LogP contribution is 2.35. The van der Waals surface area contributed by atoms with E-state index in [1.807, 2.05) is 31.2 Å². The van der Waals surface area contributed by atoms with E-state index in [1.165, 1.54) is 24.5 Å². The van der Waals surface area contributed by atoms with Gasteiger partial charge >= 0.3 is 0 Å². The first-order chi connectivity index (χ1) is 15.1. The molecule has 0 unspecified atom stereocenters. The molecule has 3 aromatic rings. The maximum absolute atomic E-state index is 13.1. The number of benzene rings is 2. The van der Waals surface area contributed by atoms with E-state index in [4.69, 9.17) is 16.3 Å². The van der Waals surface area contributed by atoms with Crippen molar-refractivity contribution in [3.8, 4) is 16.3 Å². The van der Waals surface area contributed by atoms with Gasteiger partial charge in [-0.2, -0.15) is 0 Å². The van der Waals surface area contributed by atoms with Gasteiger partial charge in [-0.05, 0) is 31.5 Å². The summed E-state index contributed by atoms with van der Waals surface area (Å²) in [6, 6.07) is 11.3. The van der Waals surface area contributed by atoms with Crippen molar-refractivity contribution >= 4 is 49.7 Å². The van der Waals surface area contributed by atoms with Crippen LogP contribution in [0, 0.1) is 6.92 Å². The zero-order valence-corrected chi connectivity index (χ0v) is 20.4. The molecule has 0 aliphatic carbocycles. The summed E-state index contributed by atoms with van der Waals surface area (Å²) in [6.07, 6.45) is 1.24. The molecule has 11 heteroatoms. The molecule has 0 radical (unpaired) electrons. The van der Waals surface area contributed by atoms with Crippen molar-refractivity contribution in [2.75, 3.05) is 23.0 Å². The number of nitrogens with zero attached hydrogens (tertiary/aromatic N) is 3. The van der Waals surface area contributed by atoms with E-state index in [0.717, 1.165) is 21.7 Å². The van der Waals surface area contributed by atoms with Crippen molar-refractivity contribution in [3.63, 3.8) is 0 Å². The first-order valence-electron chi connectivity index (χ1n) is 9.68. The molecule has 0 saturated heterocycles. The Hall–Kier alpha value is -2.69. The van der Waals surface area contributed by atoms with Crippen LogP contribution in [0.4, 0.5) is 10.8 Å². The van der Waals surface area contributed by atoms with Crippen LogP contribution in [0.2, 0.25) is 5.02 Å². The smallest absolute Gasteiger partial charge is 0.250 e. The van der Waals surface area contributed by atoms with Crippen LogP contribution in [0.5, 0.6) is 5.75 Å². The number of sulfonamides is 1. The number of nitrogens with one attached hydrogen (secondary N) is 1. The van der Waals surface area contributed by atoms with Gasteiger partial charge in [0.25, 0.3) is 0 Å². The Kier molecular flexibility index (Phi) is 7.37. The number of hydrogen-bond donors (Lipinski definition) is 1. The van der Waals surface area contributed by atoms with Gasteiger partial charge in [0.2, 0.25) is 21.1 Å². The average molecular weight is 495 g/mol. The molecule has 1 N–H and O–H groups in total. The largest absolute Gasteiger partial charge is 0.495 e. The van der Waals surface area contributed by atoms with Crippen molar-refractivity contribution in [2.24, 2.45) is 0 Å². The fraction of sp³-hybridized carbons (Fsp3) is 0.286. The molecule has 0 spiro atoms. The number of carbonyl (C=O) groups excluding carboxylic acids is 1. The van der Waals surface area contributed by atoms with Gasteiger partial charge in [-0.15, -0.1) is 10.2 Å². The number of carbonyl (C=O) groups is 1. The molecular formula is C21H23ClN4O4S2. The molecule has 32 heavy (non-hydrogen) atoms. The lowest BCUT2D eigenvalue weighted by Crippen LogP contribution is -2.47. The van der Waals surface area contributed by atoms with E-state index >= 15 is 0 Å². The molecule has 0 bridgehead atoms. The third-order valence-electron chi connectivity index (χ3n) is 4.66. The molecule has 8 nitrogen and oxygen atoms in total. The minimum absolute atomic E-state index is 0.183. The van der Waals surface area contributed by atoms with Crippen LogP contribution >= 0.6 is 22.9 Å². The minimum atomic E-state index is -3.86. The minimum Gasteiger partial charge on any atom is -0.495 e. The van der Waals surface area contributed by atoms with Gasteiger partial charge in [0.15, 0.2) is 0 Å². The second-order valence-corrected chi connectivity index (χ2v) is 10.3. The van der Waals surface area contributed by atoms with Gasteiger partial charge in [-0.3, -0.25) is 14.4 Å². The fourth-order valence-electron chi connectivity index (χ4n) is 3.15. The standard InChI is InChI=1S/C21H23ClN4O4S2/c1-5-16(26(32(4,28)29)17-12-15(22)10-11-18(17)30-3)19(27)23-21-25-24-20(31-21)14-8-6-13(2)7-9-14/h6-12,16H,5H2,1-4H3,(H,23,25,27)/t16-/m1/s1. The van der Waals surface area contributed by atoms with Gasteiger partial charge in [-0.1, -0.05) is 59.7 Å². The first kappa shape index (κ1) is 24.0. The van der Waals surface area contributed by atoms with Crippen molar-refractivity contribution in [3.05, 3.63) is 53.1 Å².